The summed E-state index contributed by atoms with van der Waals surface area (Å²) in [5, 5.41) is 1.48. The van der Waals surface area contributed by atoms with E-state index in [1.54, 1.807) is 18.6 Å². The first-order valence-electron chi connectivity index (χ1n) is 10.5. The van der Waals surface area contributed by atoms with Gasteiger partial charge in [0.2, 0.25) is 11.8 Å². The molecule has 1 saturated heterocycles. The van der Waals surface area contributed by atoms with E-state index in [2.05, 4.69) is 9.97 Å². The molecule has 164 valence electrons. The van der Waals surface area contributed by atoms with Gasteiger partial charge in [0.05, 0.1) is 25.1 Å². The Balaban J connectivity index is 1.30. The number of carbonyl (C=O) groups is 2. The van der Waals surface area contributed by atoms with E-state index in [1.165, 1.54) is 17.2 Å². The predicted octanol–water partition coefficient (Wildman–Crippen LogP) is 2.81. The van der Waals surface area contributed by atoms with Gasteiger partial charge in [-0.15, -0.1) is 0 Å². The van der Waals surface area contributed by atoms with E-state index in [-0.39, 0.29) is 35.1 Å². The number of hydrogen-bond acceptors (Lipinski definition) is 6. The summed E-state index contributed by atoms with van der Waals surface area (Å²) < 4.78 is 19.4. The summed E-state index contributed by atoms with van der Waals surface area (Å²) in [5.74, 6) is -0.854. The van der Waals surface area contributed by atoms with Gasteiger partial charge in [-0.1, -0.05) is 0 Å². The van der Waals surface area contributed by atoms with Gasteiger partial charge < -0.3 is 10.5 Å². The maximum absolute atomic E-state index is 13.6. The Labute approximate surface area is 179 Å². The van der Waals surface area contributed by atoms with Crippen molar-refractivity contribution in [1.82, 2.24) is 15.0 Å². The van der Waals surface area contributed by atoms with Crippen LogP contribution in [0.1, 0.15) is 54.2 Å². The van der Waals surface area contributed by atoms with Gasteiger partial charge in [0.15, 0.2) is 0 Å². The molecule has 2 amide bonds. The number of nitrogens with zero attached hydrogens (tertiary/aromatic N) is 3. The maximum Gasteiger partial charge on any atom is 0.249 e. The number of amides is 2. The van der Waals surface area contributed by atoms with Crippen LogP contribution in [-0.4, -0.2) is 40.1 Å². The van der Waals surface area contributed by atoms with E-state index in [0.29, 0.717) is 19.6 Å². The molecule has 1 aliphatic heterocycles. The first-order chi connectivity index (χ1) is 15.0. The number of benzene rings is 1. The van der Waals surface area contributed by atoms with Gasteiger partial charge in [-0.05, 0) is 43.7 Å². The van der Waals surface area contributed by atoms with Crippen LogP contribution in [0, 0.1) is 17.7 Å². The second-order valence-corrected chi connectivity index (χ2v) is 8.00. The van der Waals surface area contributed by atoms with E-state index in [9.17, 15) is 14.0 Å². The number of rotatable bonds is 6. The molecule has 9 heteroatoms. The van der Waals surface area contributed by atoms with Gasteiger partial charge in [-0.2, -0.15) is 0 Å². The molecular weight excluding hydrogens is 403 g/mol. The molecule has 0 bridgehead atoms. The number of carbonyl (C=O) groups excluding carboxylic acids is 2. The van der Waals surface area contributed by atoms with Crippen LogP contribution in [0.5, 0.6) is 5.75 Å². The van der Waals surface area contributed by atoms with Crippen molar-refractivity contribution in [3.63, 3.8) is 0 Å². The molecule has 31 heavy (non-hydrogen) atoms. The van der Waals surface area contributed by atoms with E-state index < -0.39 is 11.7 Å². The molecule has 2 N–H and O–H groups in total. The summed E-state index contributed by atoms with van der Waals surface area (Å²) >= 11 is 0. The fraction of sp³-hybridized carbons (Fsp3) is 0.455. The zero-order chi connectivity index (χ0) is 21.8. The van der Waals surface area contributed by atoms with Gasteiger partial charge >= 0.3 is 0 Å². The molecule has 1 atom stereocenters. The molecule has 2 aromatic rings. The molecule has 0 unspecified atom stereocenters. The fourth-order valence-corrected chi connectivity index (χ4v) is 4.20. The van der Waals surface area contributed by atoms with Gasteiger partial charge in [0.25, 0.3) is 0 Å². The van der Waals surface area contributed by atoms with Crippen molar-refractivity contribution in [3.05, 3.63) is 53.9 Å². The first-order valence-corrected chi connectivity index (χ1v) is 10.5. The molecule has 0 spiro atoms. The molecule has 1 aliphatic carbocycles. The minimum absolute atomic E-state index is 0.0104. The van der Waals surface area contributed by atoms with E-state index in [0.717, 1.165) is 37.4 Å². The molecule has 2 heterocycles. The van der Waals surface area contributed by atoms with Crippen LogP contribution in [0.25, 0.3) is 0 Å². The third-order valence-electron chi connectivity index (χ3n) is 5.88. The monoisotopic (exact) mass is 428 g/mol. The normalized spacial score (nSPS) is 23.5. The highest BCUT2D eigenvalue weighted by Crippen LogP contribution is 2.35. The summed E-state index contributed by atoms with van der Waals surface area (Å²) in [5.41, 5.74) is 6.03. The Bertz CT molecular complexity index is 934. The Hall–Kier alpha value is -3.07. The zero-order valence-corrected chi connectivity index (χ0v) is 17.1. The Kier molecular flexibility index (Phi) is 6.41. The average Bonchev–Trinajstić information content (AvgIpc) is 3.28. The number of hydrogen-bond donors (Lipinski definition) is 1. The summed E-state index contributed by atoms with van der Waals surface area (Å²) in [6.07, 6.45) is 8.69. The Morgan fingerprint density at radius 1 is 1.16 bits per heavy atom. The quantitative estimate of drug-likeness (QED) is 0.758. The minimum Gasteiger partial charge on any atom is -0.493 e. The second kappa shape index (κ2) is 9.38. The van der Waals surface area contributed by atoms with Crippen LogP contribution in [-0.2, 0) is 9.63 Å². The van der Waals surface area contributed by atoms with Crippen molar-refractivity contribution >= 4 is 11.8 Å². The standard InChI is InChI=1S/C22H25FN4O4/c23-17-9-16(21(24)28)10-18(11-17)30-13-14-1-3-15(4-2-14)22(29)27-20(5-8-31-27)19-12-25-6-7-26-19/h6-7,9-12,14-15,20H,1-5,8,13H2,(H2,24,28)/t14?,15?,20-/m0/s1. The SMILES string of the molecule is NC(=O)c1cc(F)cc(OCC2CCC(C(=O)N3OCC[C@H]3c3cnccn3)CC2)c1. The van der Waals surface area contributed by atoms with Crippen molar-refractivity contribution in [2.24, 2.45) is 17.6 Å². The lowest BCUT2D eigenvalue weighted by Gasteiger charge is -2.31. The molecule has 1 aromatic carbocycles. The first kappa shape index (κ1) is 21.2. The van der Waals surface area contributed by atoms with E-state index >= 15 is 0 Å². The highest BCUT2D eigenvalue weighted by Gasteiger charge is 2.38. The van der Waals surface area contributed by atoms with Crippen molar-refractivity contribution in [2.75, 3.05) is 13.2 Å². The summed E-state index contributed by atoms with van der Waals surface area (Å²) in [6.45, 7) is 0.877. The van der Waals surface area contributed by atoms with Crippen molar-refractivity contribution < 1.29 is 23.6 Å². The molecule has 1 saturated carbocycles. The Morgan fingerprint density at radius 3 is 2.68 bits per heavy atom. The average molecular weight is 428 g/mol. The minimum atomic E-state index is -0.702. The molecule has 4 rings (SSSR count). The molecule has 2 fully saturated rings. The van der Waals surface area contributed by atoms with Crippen LogP contribution >= 0.6 is 0 Å². The van der Waals surface area contributed by atoms with Gasteiger partial charge in [0, 0.05) is 36.4 Å². The highest BCUT2D eigenvalue weighted by molar-refractivity contribution is 5.93. The van der Waals surface area contributed by atoms with Crippen molar-refractivity contribution in [2.45, 2.75) is 38.1 Å². The predicted molar refractivity (Wildman–Crippen MR) is 108 cm³/mol. The zero-order valence-electron chi connectivity index (χ0n) is 17.1. The van der Waals surface area contributed by atoms with Crippen LogP contribution in [0.3, 0.4) is 0 Å². The molecule has 0 radical (unpaired) electrons. The van der Waals surface area contributed by atoms with Gasteiger partial charge in [-0.3, -0.25) is 24.4 Å². The number of hydroxylamine groups is 2. The lowest BCUT2D eigenvalue weighted by molar-refractivity contribution is -0.183. The molecular formula is C22H25FN4O4. The molecule has 8 nitrogen and oxygen atoms in total. The number of aromatic nitrogens is 2. The smallest absolute Gasteiger partial charge is 0.249 e. The van der Waals surface area contributed by atoms with Crippen LogP contribution < -0.4 is 10.5 Å². The summed E-state index contributed by atoms with van der Waals surface area (Å²) in [7, 11) is 0. The largest absolute Gasteiger partial charge is 0.493 e. The number of ether oxygens (including phenoxy) is 1. The third-order valence-corrected chi connectivity index (χ3v) is 5.88. The highest BCUT2D eigenvalue weighted by atomic mass is 19.1. The Morgan fingerprint density at radius 2 is 1.97 bits per heavy atom. The van der Waals surface area contributed by atoms with Crippen molar-refractivity contribution in [3.8, 4) is 5.75 Å². The van der Waals surface area contributed by atoms with E-state index in [1.807, 2.05) is 0 Å². The summed E-state index contributed by atoms with van der Waals surface area (Å²) in [4.78, 5) is 38.4. The van der Waals surface area contributed by atoms with Crippen molar-refractivity contribution in [1.29, 1.82) is 0 Å². The number of halogens is 1. The van der Waals surface area contributed by atoms with Crippen LogP contribution in [0.15, 0.2) is 36.8 Å². The van der Waals surface area contributed by atoms with Crippen LogP contribution in [0.2, 0.25) is 0 Å². The second-order valence-electron chi connectivity index (χ2n) is 8.00. The fourth-order valence-electron chi connectivity index (χ4n) is 4.20. The van der Waals surface area contributed by atoms with Gasteiger partial charge in [0.1, 0.15) is 17.6 Å². The molecule has 1 aromatic heterocycles. The lowest BCUT2D eigenvalue weighted by Crippen LogP contribution is -2.37. The third kappa shape index (κ3) is 4.99. The molecule has 2 aliphatic rings. The van der Waals surface area contributed by atoms with Gasteiger partial charge in [-0.25, -0.2) is 9.45 Å². The summed E-state index contributed by atoms with van der Waals surface area (Å²) in [6, 6.07) is 3.56. The number of primary amides is 1. The maximum atomic E-state index is 13.6. The van der Waals surface area contributed by atoms with E-state index in [4.69, 9.17) is 15.3 Å². The topological polar surface area (TPSA) is 108 Å². The lowest BCUT2D eigenvalue weighted by atomic mass is 9.81. The number of nitrogens with two attached hydrogens (primary N) is 1. The van der Waals surface area contributed by atoms with Crippen LogP contribution in [0.4, 0.5) is 4.39 Å².